The van der Waals surface area contributed by atoms with Crippen LogP contribution in [-0.4, -0.2) is 17.8 Å². The molecule has 52 valence electrons. The second-order valence-electron chi connectivity index (χ2n) is 2.56. The third-order valence-electron chi connectivity index (χ3n) is 1.70. The Hall–Kier alpha value is -0.340. The fourth-order valence-electron chi connectivity index (χ4n) is 1.15. The largest absolute Gasteiger partial charge is 0.392 e. The Morgan fingerprint density at radius 3 is 3.00 bits per heavy atom. The topological polar surface area (TPSA) is 46.2 Å². The maximum Gasteiger partial charge on any atom is 0.0642 e. The fourth-order valence-corrected chi connectivity index (χ4v) is 1.15. The lowest BCUT2D eigenvalue weighted by Gasteiger charge is -2.16. The molecule has 0 fully saturated rings. The van der Waals surface area contributed by atoms with E-state index in [1.165, 1.54) is 0 Å². The van der Waals surface area contributed by atoms with Gasteiger partial charge in [0.1, 0.15) is 0 Å². The number of aliphatic hydroxyl groups is 1. The molecule has 3 N–H and O–H groups in total. The van der Waals surface area contributed by atoms with Crippen LogP contribution in [0.4, 0.5) is 0 Å². The van der Waals surface area contributed by atoms with Crippen molar-refractivity contribution >= 4 is 0 Å². The zero-order chi connectivity index (χ0) is 6.69. The summed E-state index contributed by atoms with van der Waals surface area (Å²) in [5, 5.41) is 8.68. The molecule has 0 spiro atoms. The molecule has 9 heavy (non-hydrogen) atoms. The second-order valence-corrected chi connectivity index (χ2v) is 2.56. The highest BCUT2D eigenvalue weighted by molar-refractivity contribution is 5.07. The minimum atomic E-state index is 0.188. The standard InChI is InChI=1S/C7H13NO/c8-7-3-1-2-6(4-7)5-9/h2,7,9H,1,3-5,8H2/t7-/m0/s1. The highest BCUT2D eigenvalue weighted by Crippen LogP contribution is 2.15. The molecule has 2 nitrogen and oxygen atoms in total. The third kappa shape index (κ3) is 1.80. The quantitative estimate of drug-likeness (QED) is 0.501. The molecule has 0 saturated heterocycles. The SMILES string of the molecule is N[C@H]1CCC=C(CO)C1. The van der Waals surface area contributed by atoms with Gasteiger partial charge >= 0.3 is 0 Å². The van der Waals surface area contributed by atoms with Crippen molar-refractivity contribution in [3.8, 4) is 0 Å². The van der Waals surface area contributed by atoms with Crippen LogP contribution in [0.2, 0.25) is 0 Å². The van der Waals surface area contributed by atoms with Crippen molar-refractivity contribution < 1.29 is 5.11 Å². The Morgan fingerprint density at radius 1 is 1.78 bits per heavy atom. The average Bonchev–Trinajstić information content (AvgIpc) is 1.88. The molecule has 0 saturated carbocycles. The van der Waals surface area contributed by atoms with Gasteiger partial charge in [-0.25, -0.2) is 0 Å². The van der Waals surface area contributed by atoms with Crippen molar-refractivity contribution in [2.45, 2.75) is 25.3 Å². The molecule has 0 heterocycles. The molecule has 0 aromatic carbocycles. The molecule has 1 aliphatic rings. The van der Waals surface area contributed by atoms with Gasteiger partial charge in [0, 0.05) is 6.04 Å². The van der Waals surface area contributed by atoms with Crippen molar-refractivity contribution in [3.05, 3.63) is 11.6 Å². The van der Waals surface area contributed by atoms with Crippen LogP contribution in [0.5, 0.6) is 0 Å². The van der Waals surface area contributed by atoms with Crippen LogP contribution in [0.3, 0.4) is 0 Å². The highest BCUT2D eigenvalue weighted by Gasteiger charge is 2.09. The van der Waals surface area contributed by atoms with Gasteiger partial charge in [-0.05, 0) is 24.8 Å². The van der Waals surface area contributed by atoms with Gasteiger partial charge in [-0.2, -0.15) is 0 Å². The third-order valence-corrected chi connectivity index (χ3v) is 1.70. The smallest absolute Gasteiger partial charge is 0.0642 e. The van der Waals surface area contributed by atoms with Crippen molar-refractivity contribution in [1.29, 1.82) is 0 Å². The second kappa shape index (κ2) is 2.99. The lowest BCUT2D eigenvalue weighted by Crippen LogP contribution is -2.23. The van der Waals surface area contributed by atoms with Crippen LogP contribution in [0.1, 0.15) is 19.3 Å². The van der Waals surface area contributed by atoms with E-state index in [-0.39, 0.29) is 12.6 Å². The minimum absolute atomic E-state index is 0.188. The van der Waals surface area contributed by atoms with E-state index in [0.717, 1.165) is 24.8 Å². The van der Waals surface area contributed by atoms with E-state index >= 15 is 0 Å². The zero-order valence-corrected chi connectivity index (χ0v) is 5.51. The maximum atomic E-state index is 8.68. The van der Waals surface area contributed by atoms with E-state index in [1.54, 1.807) is 0 Å². The van der Waals surface area contributed by atoms with E-state index in [4.69, 9.17) is 10.8 Å². The van der Waals surface area contributed by atoms with Gasteiger partial charge in [0.25, 0.3) is 0 Å². The number of allylic oxidation sites excluding steroid dienone is 1. The van der Waals surface area contributed by atoms with Crippen LogP contribution in [0.15, 0.2) is 11.6 Å². The van der Waals surface area contributed by atoms with Crippen LogP contribution in [0.25, 0.3) is 0 Å². The average molecular weight is 127 g/mol. The first-order chi connectivity index (χ1) is 4.33. The van der Waals surface area contributed by atoms with Crippen molar-refractivity contribution in [2.24, 2.45) is 5.73 Å². The molecule has 0 radical (unpaired) electrons. The first-order valence-electron chi connectivity index (χ1n) is 3.37. The Morgan fingerprint density at radius 2 is 2.56 bits per heavy atom. The Bertz CT molecular complexity index is 120. The highest BCUT2D eigenvalue weighted by atomic mass is 16.3. The Labute approximate surface area is 55.4 Å². The molecule has 0 amide bonds. The van der Waals surface area contributed by atoms with E-state index in [0.29, 0.717) is 0 Å². The molecule has 1 aliphatic carbocycles. The normalized spacial score (nSPS) is 27.8. The first-order valence-corrected chi connectivity index (χ1v) is 3.37. The molecule has 0 bridgehead atoms. The molecule has 0 aromatic rings. The van der Waals surface area contributed by atoms with E-state index in [9.17, 15) is 0 Å². The molecule has 2 heteroatoms. The molecule has 0 aromatic heterocycles. The lowest BCUT2D eigenvalue weighted by atomic mass is 9.96. The Balaban J connectivity index is 2.43. The zero-order valence-electron chi connectivity index (χ0n) is 5.51. The van der Waals surface area contributed by atoms with Crippen LogP contribution in [-0.2, 0) is 0 Å². The first kappa shape index (κ1) is 6.78. The summed E-state index contributed by atoms with van der Waals surface area (Å²) in [4.78, 5) is 0. The molecule has 0 unspecified atom stereocenters. The number of aliphatic hydroxyl groups excluding tert-OH is 1. The van der Waals surface area contributed by atoms with Gasteiger partial charge in [0.05, 0.1) is 6.61 Å². The minimum Gasteiger partial charge on any atom is -0.392 e. The fraction of sp³-hybridized carbons (Fsp3) is 0.714. The predicted molar refractivity (Wildman–Crippen MR) is 37.0 cm³/mol. The van der Waals surface area contributed by atoms with Gasteiger partial charge in [-0.3, -0.25) is 0 Å². The summed E-state index contributed by atoms with van der Waals surface area (Å²) in [7, 11) is 0. The summed E-state index contributed by atoms with van der Waals surface area (Å²) in [5.74, 6) is 0. The molecular formula is C7H13NO. The van der Waals surface area contributed by atoms with Gasteiger partial charge in [0.15, 0.2) is 0 Å². The summed E-state index contributed by atoms with van der Waals surface area (Å²) in [6, 6.07) is 0.289. The van der Waals surface area contributed by atoms with Crippen molar-refractivity contribution in [1.82, 2.24) is 0 Å². The number of hydrogen-bond acceptors (Lipinski definition) is 2. The number of rotatable bonds is 1. The summed E-state index contributed by atoms with van der Waals surface area (Å²) in [6.45, 7) is 0.188. The molecular weight excluding hydrogens is 114 g/mol. The van der Waals surface area contributed by atoms with Crippen LogP contribution in [0, 0.1) is 0 Å². The maximum absolute atomic E-state index is 8.68. The summed E-state index contributed by atoms with van der Waals surface area (Å²) < 4.78 is 0. The van der Waals surface area contributed by atoms with Crippen LogP contribution < -0.4 is 5.73 Å². The molecule has 1 atom stereocenters. The van der Waals surface area contributed by atoms with Gasteiger partial charge in [-0.15, -0.1) is 0 Å². The lowest BCUT2D eigenvalue weighted by molar-refractivity contribution is 0.319. The summed E-state index contributed by atoms with van der Waals surface area (Å²) >= 11 is 0. The van der Waals surface area contributed by atoms with Gasteiger partial charge < -0.3 is 10.8 Å². The van der Waals surface area contributed by atoms with Crippen molar-refractivity contribution in [3.63, 3.8) is 0 Å². The monoisotopic (exact) mass is 127 g/mol. The predicted octanol–water partition coefficient (Wildman–Crippen LogP) is 0.416. The molecule has 0 aliphatic heterocycles. The van der Waals surface area contributed by atoms with E-state index < -0.39 is 0 Å². The van der Waals surface area contributed by atoms with Crippen LogP contribution >= 0.6 is 0 Å². The van der Waals surface area contributed by atoms with Gasteiger partial charge in [0.2, 0.25) is 0 Å². The van der Waals surface area contributed by atoms with E-state index in [1.807, 2.05) is 0 Å². The van der Waals surface area contributed by atoms with Crippen molar-refractivity contribution in [2.75, 3.05) is 6.61 Å². The number of hydrogen-bond donors (Lipinski definition) is 2. The summed E-state index contributed by atoms with van der Waals surface area (Å²) in [5.41, 5.74) is 6.75. The molecule has 1 rings (SSSR count). The number of nitrogens with two attached hydrogens (primary N) is 1. The Kier molecular flexibility index (Phi) is 2.25. The van der Waals surface area contributed by atoms with Gasteiger partial charge in [-0.1, -0.05) is 6.08 Å². The summed E-state index contributed by atoms with van der Waals surface area (Å²) in [6.07, 6.45) is 5.08. The van der Waals surface area contributed by atoms with E-state index in [2.05, 4.69) is 6.08 Å².